The fourth-order valence-electron chi connectivity index (χ4n) is 3.47. The minimum Gasteiger partial charge on any atom is -0.491 e. The second kappa shape index (κ2) is 7.19. The molecule has 0 radical (unpaired) electrons. The van der Waals surface area contributed by atoms with Gasteiger partial charge in [-0.3, -0.25) is 9.67 Å². The first-order valence-electron chi connectivity index (χ1n) is 9.28. The molecule has 1 aliphatic heterocycles. The van der Waals surface area contributed by atoms with Gasteiger partial charge < -0.3 is 9.47 Å². The van der Waals surface area contributed by atoms with Crippen LogP contribution in [0.5, 0.6) is 11.5 Å². The van der Waals surface area contributed by atoms with E-state index in [9.17, 15) is 0 Å². The van der Waals surface area contributed by atoms with Gasteiger partial charge in [-0.15, -0.1) is 0 Å². The van der Waals surface area contributed by atoms with Gasteiger partial charge in [0, 0.05) is 29.6 Å². The molecule has 4 aromatic rings. The van der Waals surface area contributed by atoms with Crippen molar-refractivity contribution in [2.75, 3.05) is 6.61 Å². The van der Waals surface area contributed by atoms with Crippen LogP contribution >= 0.6 is 0 Å². The summed E-state index contributed by atoms with van der Waals surface area (Å²) in [4.78, 5) is 4.12. The van der Waals surface area contributed by atoms with Crippen LogP contribution in [0.1, 0.15) is 5.56 Å². The van der Waals surface area contributed by atoms with Crippen LogP contribution in [-0.2, 0) is 13.2 Å². The van der Waals surface area contributed by atoms with Gasteiger partial charge in [0.15, 0.2) is 0 Å². The predicted molar refractivity (Wildman–Crippen MR) is 107 cm³/mol. The van der Waals surface area contributed by atoms with Gasteiger partial charge in [0.25, 0.3) is 0 Å². The molecule has 1 aliphatic rings. The Labute approximate surface area is 163 Å². The molecule has 0 bridgehead atoms. The van der Waals surface area contributed by atoms with Crippen molar-refractivity contribution in [3.05, 3.63) is 84.8 Å². The van der Waals surface area contributed by atoms with Gasteiger partial charge in [0.1, 0.15) is 24.7 Å². The number of hydrogen-bond acceptors (Lipinski definition) is 4. The average Bonchev–Trinajstić information content (AvgIpc) is 3.09. The predicted octanol–water partition coefficient (Wildman–Crippen LogP) is 4.58. The highest BCUT2D eigenvalue weighted by molar-refractivity contribution is 5.84. The van der Waals surface area contributed by atoms with E-state index in [4.69, 9.17) is 9.47 Å². The highest BCUT2D eigenvalue weighted by Gasteiger charge is 2.21. The minimum atomic E-state index is 0.528. The maximum atomic E-state index is 6.02. The van der Waals surface area contributed by atoms with Crippen LogP contribution in [0.2, 0.25) is 0 Å². The Hall–Kier alpha value is -3.60. The summed E-state index contributed by atoms with van der Waals surface area (Å²) < 4.78 is 14.0. The number of ether oxygens (including phenoxy) is 2. The molecule has 5 nitrogen and oxygen atoms in total. The smallest absolute Gasteiger partial charge is 0.132 e. The van der Waals surface area contributed by atoms with Crippen molar-refractivity contribution >= 4 is 0 Å². The van der Waals surface area contributed by atoms with E-state index in [1.807, 2.05) is 53.3 Å². The first-order chi connectivity index (χ1) is 13.9. The van der Waals surface area contributed by atoms with Crippen LogP contribution in [0.4, 0.5) is 0 Å². The molecule has 5 heteroatoms. The lowest BCUT2D eigenvalue weighted by Crippen LogP contribution is -2.06. The van der Waals surface area contributed by atoms with Gasteiger partial charge in [-0.2, -0.15) is 5.10 Å². The zero-order valence-electron chi connectivity index (χ0n) is 15.3. The van der Waals surface area contributed by atoms with E-state index < -0.39 is 0 Å². The SMILES string of the molecule is c1ccc(COc2ccc3c(c2)OCCn2ncc(-c4ccncc4)c2-3)cc1. The molecule has 5 rings (SSSR count). The second-order valence-corrected chi connectivity index (χ2v) is 6.65. The largest absolute Gasteiger partial charge is 0.491 e. The van der Waals surface area contributed by atoms with Crippen molar-refractivity contribution in [2.24, 2.45) is 0 Å². The van der Waals surface area contributed by atoms with E-state index in [1.54, 1.807) is 12.4 Å². The standard InChI is InChI=1S/C23H19N3O2/c1-2-4-17(5-3-1)16-28-19-6-7-20-22(14-19)27-13-12-26-23(20)21(15-25-26)18-8-10-24-11-9-18/h1-11,14-15H,12-13,16H2. The first-order valence-corrected chi connectivity index (χ1v) is 9.28. The Morgan fingerprint density at radius 2 is 1.82 bits per heavy atom. The van der Waals surface area contributed by atoms with Crippen LogP contribution in [-0.4, -0.2) is 21.4 Å². The molecule has 0 aliphatic carbocycles. The zero-order valence-corrected chi connectivity index (χ0v) is 15.3. The van der Waals surface area contributed by atoms with Crippen molar-refractivity contribution < 1.29 is 9.47 Å². The molecule has 0 fully saturated rings. The third-order valence-corrected chi connectivity index (χ3v) is 4.85. The summed E-state index contributed by atoms with van der Waals surface area (Å²) >= 11 is 0. The summed E-state index contributed by atoms with van der Waals surface area (Å²) in [5, 5.41) is 4.58. The van der Waals surface area contributed by atoms with Crippen molar-refractivity contribution in [2.45, 2.75) is 13.2 Å². The molecule has 0 saturated heterocycles. The summed E-state index contributed by atoms with van der Waals surface area (Å²) in [7, 11) is 0. The molecule has 0 spiro atoms. The third kappa shape index (κ3) is 3.11. The lowest BCUT2D eigenvalue weighted by molar-refractivity contribution is 0.288. The van der Waals surface area contributed by atoms with Gasteiger partial charge in [-0.05, 0) is 35.4 Å². The fraction of sp³-hybridized carbons (Fsp3) is 0.130. The van der Waals surface area contributed by atoms with Gasteiger partial charge in [0.05, 0.1) is 18.4 Å². The molecule has 2 aromatic heterocycles. The molecular formula is C23H19N3O2. The quantitative estimate of drug-likeness (QED) is 0.528. The lowest BCUT2D eigenvalue weighted by Gasteiger charge is -2.12. The Bertz CT molecular complexity index is 1090. The van der Waals surface area contributed by atoms with E-state index in [2.05, 4.69) is 28.3 Å². The van der Waals surface area contributed by atoms with Crippen molar-refractivity contribution in [1.82, 2.24) is 14.8 Å². The normalized spacial score (nSPS) is 12.4. The molecule has 2 aromatic carbocycles. The maximum Gasteiger partial charge on any atom is 0.132 e. The molecule has 0 atom stereocenters. The Morgan fingerprint density at radius 3 is 2.68 bits per heavy atom. The van der Waals surface area contributed by atoms with Gasteiger partial charge in [0.2, 0.25) is 0 Å². The Morgan fingerprint density at radius 1 is 0.964 bits per heavy atom. The van der Waals surface area contributed by atoms with E-state index in [-0.39, 0.29) is 0 Å². The topological polar surface area (TPSA) is 49.2 Å². The fourth-order valence-corrected chi connectivity index (χ4v) is 3.47. The monoisotopic (exact) mass is 369 g/mol. The highest BCUT2D eigenvalue weighted by Crippen LogP contribution is 2.40. The Kier molecular flexibility index (Phi) is 4.26. The average molecular weight is 369 g/mol. The van der Waals surface area contributed by atoms with Crippen LogP contribution in [0, 0.1) is 0 Å². The number of rotatable bonds is 4. The Balaban J connectivity index is 1.50. The van der Waals surface area contributed by atoms with E-state index in [0.29, 0.717) is 19.8 Å². The van der Waals surface area contributed by atoms with E-state index in [0.717, 1.165) is 39.4 Å². The highest BCUT2D eigenvalue weighted by atomic mass is 16.5. The van der Waals surface area contributed by atoms with Gasteiger partial charge in [-0.25, -0.2) is 0 Å². The molecule has 28 heavy (non-hydrogen) atoms. The molecule has 0 N–H and O–H groups in total. The zero-order chi connectivity index (χ0) is 18.8. The summed E-state index contributed by atoms with van der Waals surface area (Å²) in [6.07, 6.45) is 5.52. The second-order valence-electron chi connectivity index (χ2n) is 6.65. The molecular weight excluding hydrogens is 350 g/mol. The number of benzene rings is 2. The molecule has 138 valence electrons. The lowest BCUT2D eigenvalue weighted by atomic mass is 10.0. The van der Waals surface area contributed by atoms with Crippen LogP contribution in [0.25, 0.3) is 22.4 Å². The van der Waals surface area contributed by atoms with Gasteiger partial charge >= 0.3 is 0 Å². The number of hydrogen-bond donors (Lipinski definition) is 0. The van der Waals surface area contributed by atoms with Crippen molar-refractivity contribution in [3.63, 3.8) is 0 Å². The van der Waals surface area contributed by atoms with E-state index >= 15 is 0 Å². The summed E-state index contributed by atoms with van der Waals surface area (Å²) in [6, 6.07) is 20.2. The van der Waals surface area contributed by atoms with Crippen molar-refractivity contribution in [1.29, 1.82) is 0 Å². The number of aromatic nitrogens is 3. The van der Waals surface area contributed by atoms with Gasteiger partial charge in [-0.1, -0.05) is 30.3 Å². The molecule has 0 unspecified atom stereocenters. The minimum absolute atomic E-state index is 0.528. The maximum absolute atomic E-state index is 6.02. The van der Waals surface area contributed by atoms with Crippen LogP contribution < -0.4 is 9.47 Å². The molecule has 3 heterocycles. The summed E-state index contributed by atoms with van der Waals surface area (Å²) in [5.41, 5.74) is 5.39. The summed E-state index contributed by atoms with van der Waals surface area (Å²) in [6.45, 7) is 1.80. The summed E-state index contributed by atoms with van der Waals surface area (Å²) in [5.74, 6) is 1.61. The first kappa shape index (κ1) is 16.6. The molecule has 0 saturated carbocycles. The third-order valence-electron chi connectivity index (χ3n) is 4.85. The van der Waals surface area contributed by atoms with Crippen LogP contribution in [0.3, 0.4) is 0 Å². The number of pyridine rings is 1. The molecule has 0 amide bonds. The number of nitrogens with zero attached hydrogens (tertiary/aromatic N) is 3. The van der Waals surface area contributed by atoms with E-state index in [1.165, 1.54) is 0 Å². The van der Waals surface area contributed by atoms with Crippen LogP contribution in [0.15, 0.2) is 79.3 Å². The number of fused-ring (bicyclic) bond motifs is 3. The van der Waals surface area contributed by atoms with Crippen molar-refractivity contribution in [3.8, 4) is 33.9 Å².